The van der Waals surface area contributed by atoms with Gasteiger partial charge in [-0.05, 0) is 68.8 Å². The second-order valence-corrected chi connectivity index (χ2v) is 10.4. The van der Waals surface area contributed by atoms with Crippen molar-refractivity contribution >= 4 is 41.0 Å². The summed E-state index contributed by atoms with van der Waals surface area (Å²) < 4.78 is 18.7. The molecule has 1 aliphatic rings. The molecule has 0 amide bonds. The zero-order valence-corrected chi connectivity index (χ0v) is 23.9. The maximum absolute atomic E-state index is 13.8. The summed E-state index contributed by atoms with van der Waals surface area (Å²) in [7, 11) is 0. The van der Waals surface area contributed by atoms with E-state index in [1.807, 2.05) is 19.1 Å². The lowest BCUT2D eigenvalue weighted by atomic mass is 9.96. The van der Waals surface area contributed by atoms with Gasteiger partial charge in [0.05, 0.1) is 45.6 Å². The highest BCUT2D eigenvalue weighted by atomic mass is 35.5. The molecule has 1 N–H and O–H groups in total. The van der Waals surface area contributed by atoms with Crippen molar-refractivity contribution in [3.05, 3.63) is 107 Å². The van der Waals surface area contributed by atoms with Gasteiger partial charge in [0, 0.05) is 11.6 Å². The Morgan fingerprint density at radius 3 is 2.56 bits per heavy atom. The average molecular weight is 593 g/mol. The Labute approximate surface area is 243 Å². The molecule has 0 fully saturated rings. The minimum Gasteiger partial charge on any atom is -0.494 e. The average Bonchev–Trinajstić information content (AvgIpc) is 3.53. The number of rotatable bonds is 8. The van der Waals surface area contributed by atoms with Gasteiger partial charge in [0.1, 0.15) is 17.3 Å². The van der Waals surface area contributed by atoms with E-state index < -0.39 is 18.0 Å². The predicted octanol–water partition coefficient (Wildman–Crippen LogP) is 4.81. The van der Waals surface area contributed by atoms with E-state index in [1.165, 1.54) is 28.0 Å². The molecule has 2 aromatic heterocycles. The number of fused-ring (bicyclic) bond motifs is 1. The summed E-state index contributed by atoms with van der Waals surface area (Å²) in [5.41, 5.74) is 1.59. The molecule has 0 saturated heterocycles. The largest absolute Gasteiger partial charge is 0.494 e. The second kappa shape index (κ2) is 11.6. The van der Waals surface area contributed by atoms with E-state index in [4.69, 9.17) is 25.5 Å². The summed E-state index contributed by atoms with van der Waals surface area (Å²) in [6, 6.07) is 14.4. The van der Waals surface area contributed by atoms with Crippen LogP contribution in [0.5, 0.6) is 5.75 Å². The number of aromatic nitrogens is 1. The number of halogens is 1. The van der Waals surface area contributed by atoms with Crippen molar-refractivity contribution in [1.82, 2.24) is 4.57 Å². The fourth-order valence-electron chi connectivity index (χ4n) is 4.58. The third-order valence-electron chi connectivity index (χ3n) is 6.41. The molecule has 0 saturated carbocycles. The van der Waals surface area contributed by atoms with Crippen LogP contribution >= 0.6 is 22.9 Å². The minimum atomic E-state index is -1.15. The SMILES string of the molecule is CCOC(=O)C1=C(C)N=c2sc(=Cc3ccc(-c4ccc(Cl)c(C(=O)O)c4)o3)c(=O)n2[C@@H]1c1ccc(OCC)cc1. The molecule has 2 aromatic carbocycles. The van der Waals surface area contributed by atoms with Crippen LogP contribution in [0.4, 0.5) is 0 Å². The van der Waals surface area contributed by atoms with Crippen molar-refractivity contribution in [3.63, 3.8) is 0 Å². The molecule has 0 unspecified atom stereocenters. The lowest BCUT2D eigenvalue weighted by Gasteiger charge is -2.24. The zero-order chi connectivity index (χ0) is 29.3. The molecule has 0 aliphatic carbocycles. The number of furan rings is 1. The van der Waals surface area contributed by atoms with Gasteiger partial charge < -0.3 is 19.0 Å². The Morgan fingerprint density at radius 2 is 1.88 bits per heavy atom. The molecule has 210 valence electrons. The molecule has 9 nitrogen and oxygen atoms in total. The van der Waals surface area contributed by atoms with Crippen molar-refractivity contribution < 1.29 is 28.6 Å². The van der Waals surface area contributed by atoms with Gasteiger partial charge in [0.25, 0.3) is 5.56 Å². The molecule has 3 heterocycles. The van der Waals surface area contributed by atoms with E-state index >= 15 is 0 Å². The fourth-order valence-corrected chi connectivity index (χ4v) is 5.80. The number of nitrogens with zero attached hydrogens (tertiary/aromatic N) is 2. The molecule has 0 spiro atoms. The van der Waals surface area contributed by atoms with E-state index in [0.717, 1.165) is 0 Å². The Kier molecular flexibility index (Phi) is 7.96. The number of thiazole rings is 1. The molecule has 0 bridgehead atoms. The van der Waals surface area contributed by atoms with Crippen LogP contribution in [0.15, 0.2) is 80.1 Å². The number of carboxylic acid groups (broad SMARTS) is 1. The smallest absolute Gasteiger partial charge is 0.338 e. The van der Waals surface area contributed by atoms with E-state index in [2.05, 4.69) is 4.99 Å². The fraction of sp³-hybridized carbons (Fsp3) is 0.200. The van der Waals surface area contributed by atoms with Crippen LogP contribution in [0.2, 0.25) is 5.02 Å². The van der Waals surface area contributed by atoms with Gasteiger partial charge in [0.15, 0.2) is 4.80 Å². The highest BCUT2D eigenvalue weighted by molar-refractivity contribution is 7.07. The first kappa shape index (κ1) is 28.1. The Hall–Kier alpha value is -4.41. The van der Waals surface area contributed by atoms with E-state index in [0.29, 0.717) is 50.0 Å². The van der Waals surface area contributed by atoms with E-state index in [-0.39, 0.29) is 28.3 Å². The third kappa shape index (κ3) is 5.48. The van der Waals surface area contributed by atoms with Crippen molar-refractivity contribution in [2.24, 2.45) is 4.99 Å². The number of hydrogen-bond donors (Lipinski definition) is 1. The van der Waals surface area contributed by atoms with Crippen molar-refractivity contribution in [3.8, 4) is 17.1 Å². The predicted molar refractivity (Wildman–Crippen MR) is 154 cm³/mol. The Bertz CT molecular complexity index is 1870. The van der Waals surface area contributed by atoms with Gasteiger partial charge in [-0.3, -0.25) is 9.36 Å². The summed E-state index contributed by atoms with van der Waals surface area (Å²) in [6.45, 7) is 6.02. The van der Waals surface area contributed by atoms with Gasteiger partial charge in [-0.25, -0.2) is 14.6 Å². The van der Waals surface area contributed by atoms with Crippen LogP contribution in [0.25, 0.3) is 17.4 Å². The zero-order valence-electron chi connectivity index (χ0n) is 22.3. The topological polar surface area (TPSA) is 120 Å². The summed E-state index contributed by atoms with van der Waals surface area (Å²) in [5.74, 6) is -0.218. The monoisotopic (exact) mass is 592 g/mol. The molecule has 1 aliphatic heterocycles. The molecule has 0 radical (unpaired) electrons. The molecule has 11 heteroatoms. The van der Waals surface area contributed by atoms with Gasteiger partial charge in [-0.1, -0.05) is 35.1 Å². The molecule has 4 aromatic rings. The van der Waals surface area contributed by atoms with Crippen LogP contribution < -0.4 is 19.6 Å². The summed E-state index contributed by atoms with van der Waals surface area (Å²) in [5, 5.41) is 9.51. The molecular formula is C30H25ClN2O7S. The van der Waals surface area contributed by atoms with Gasteiger partial charge >= 0.3 is 11.9 Å². The number of carbonyl (C=O) groups excluding carboxylic acids is 1. The molecular weight excluding hydrogens is 568 g/mol. The number of ether oxygens (including phenoxy) is 2. The van der Waals surface area contributed by atoms with E-state index in [1.54, 1.807) is 50.3 Å². The lowest BCUT2D eigenvalue weighted by Crippen LogP contribution is -2.39. The summed E-state index contributed by atoms with van der Waals surface area (Å²) in [6.07, 6.45) is 1.60. The number of carbonyl (C=O) groups is 2. The van der Waals surface area contributed by atoms with Crippen LogP contribution in [0.3, 0.4) is 0 Å². The van der Waals surface area contributed by atoms with Crippen LogP contribution in [0.1, 0.15) is 48.5 Å². The van der Waals surface area contributed by atoms with Gasteiger partial charge in [-0.2, -0.15) is 0 Å². The maximum Gasteiger partial charge on any atom is 0.338 e. The number of carboxylic acids is 1. The first-order chi connectivity index (χ1) is 19.7. The quantitative estimate of drug-likeness (QED) is 0.292. The number of benzene rings is 2. The number of aromatic carboxylic acids is 1. The lowest BCUT2D eigenvalue weighted by molar-refractivity contribution is -0.139. The molecule has 1 atom stereocenters. The van der Waals surface area contributed by atoms with Gasteiger partial charge in [0.2, 0.25) is 0 Å². The van der Waals surface area contributed by atoms with Gasteiger partial charge in [-0.15, -0.1) is 0 Å². The Morgan fingerprint density at radius 1 is 1.12 bits per heavy atom. The maximum atomic E-state index is 13.8. The van der Waals surface area contributed by atoms with Crippen LogP contribution in [0, 0.1) is 0 Å². The van der Waals surface area contributed by atoms with Crippen molar-refractivity contribution in [2.45, 2.75) is 26.8 Å². The first-order valence-electron chi connectivity index (χ1n) is 12.8. The minimum absolute atomic E-state index is 0.0440. The molecule has 5 rings (SSSR count). The number of esters is 1. The van der Waals surface area contributed by atoms with Crippen LogP contribution in [-0.2, 0) is 9.53 Å². The first-order valence-corrected chi connectivity index (χ1v) is 14.0. The standard InChI is InChI=1S/C30H25ClN2O7S/c1-4-38-19-9-6-17(7-10-19)26-25(29(37)39-5-2)16(3)32-30-33(26)27(34)24(41-30)15-20-11-13-23(40-20)18-8-12-22(31)21(14-18)28(35)36/h6-15,26H,4-5H2,1-3H3,(H,35,36)/t26-/m1/s1. The van der Waals surface area contributed by atoms with E-state index in [9.17, 15) is 19.5 Å². The third-order valence-corrected chi connectivity index (χ3v) is 7.72. The van der Waals surface area contributed by atoms with Crippen molar-refractivity contribution in [2.75, 3.05) is 13.2 Å². The summed E-state index contributed by atoms with van der Waals surface area (Å²) >= 11 is 7.17. The number of hydrogen-bond acceptors (Lipinski definition) is 8. The normalized spacial score (nSPS) is 14.9. The highest BCUT2D eigenvalue weighted by Crippen LogP contribution is 2.32. The van der Waals surface area contributed by atoms with Crippen LogP contribution in [-0.4, -0.2) is 34.8 Å². The Balaban J connectivity index is 1.60. The second-order valence-electron chi connectivity index (χ2n) is 9.01. The van der Waals surface area contributed by atoms with Crippen molar-refractivity contribution in [1.29, 1.82) is 0 Å². The molecule has 41 heavy (non-hydrogen) atoms. The number of allylic oxidation sites excluding steroid dienone is 1. The summed E-state index contributed by atoms with van der Waals surface area (Å²) in [4.78, 5) is 43.4. The highest BCUT2D eigenvalue weighted by Gasteiger charge is 2.33.